The Morgan fingerprint density at radius 3 is 2.41 bits per heavy atom. The first kappa shape index (κ1) is 24.8. The number of halogens is 1. The molecule has 0 saturated carbocycles. The smallest absolute Gasteiger partial charge is 0.243 e. The van der Waals surface area contributed by atoms with Gasteiger partial charge in [0.25, 0.3) is 0 Å². The molecule has 2 heterocycles. The number of nitrogens with zero attached hydrogens (tertiary/aromatic N) is 1. The molecule has 3 aromatic carbocycles. The Labute approximate surface area is 212 Å². The summed E-state index contributed by atoms with van der Waals surface area (Å²) in [5.41, 5.74) is 1.22. The summed E-state index contributed by atoms with van der Waals surface area (Å²) in [5, 5.41) is 3.60. The summed E-state index contributed by atoms with van der Waals surface area (Å²) < 4.78 is 51.7. The molecule has 0 spiro atoms. The first-order chi connectivity index (χ1) is 17.8. The highest BCUT2D eigenvalue weighted by atomic mass is 32.2. The van der Waals surface area contributed by atoms with Crippen molar-refractivity contribution in [2.45, 2.75) is 4.90 Å². The van der Waals surface area contributed by atoms with Gasteiger partial charge in [-0.25, -0.2) is 12.8 Å². The van der Waals surface area contributed by atoms with E-state index in [1.807, 2.05) is 0 Å². The normalized spacial score (nSPS) is 14.5. The first-order valence-corrected chi connectivity index (χ1v) is 13.1. The van der Waals surface area contributed by atoms with E-state index in [9.17, 15) is 22.4 Å². The first-order valence-electron chi connectivity index (χ1n) is 11.6. The van der Waals surface area contributed by atoms with Gasteiger partial charge in [-0.15, -0.1) is 0 Å². The zero-order valence-electron chi connectivity index (χ0n) is 19.6. The molecule has 1 aliphatic rings. The maximum atomic E-state index is 13.3. The van der Waals surface area contributed by atoms with Gasteiger partial charge in [0, 0.05) is 29.6 Å². The van der Waals surface area contributed by atoms with Crippen LogP contribution in [0.1, 0.15) is 26.5 Å². The third-order valence-corrected chi connectivity index (χ3v) is 7.99. The van der Waals surface area contributed by atoms with Crippen LogP contribution in [-0.2, 0) is 14.8 Å². The van der Waals surface area contributed by atoms with Crippen LogP contribution in [0, 0.1) is 5.82 Å². The van der Waals surface area contributed by atoms with Crippen LogP contribution in [0.3, 0.4) is 0 Å². The fourth-order valence-corrected chi connectivity index (χ4v) is 5.60. The molecule has 8 nitrogen and oxygen atoms in total. The number of fused-ring (bicyclic) bond motifs is 1. The summed E-state index contributed by atoms with van der Waals surface area (Å²) in [4.78, 5) is 26.2. The van der Waals surface area contributed by atoms with Gasteiger partial charge in [-0.1, -0.05) is 24.3 Å². The van der Waals surface area contributed by atoms with Crippen LogP contribution in [0.5, 0.6) is 0 Å². The molecule has 0 amide bonds. The minimum atomic E-state index is -3.76. The number of carbonyl (C=O) groups is 2. The third-order valence-electron chi connectivity index (χ3n) is 6.10. The van der Waals surface area contributed by atoms with Gasteiger partial charge >= 0.3 is 0 Å². The van der Waals surface area contributed by atoms with E-state index in [1.54, 1.807) is 30.3 Å². The van der Waals surface area contributed by atoms with Gasteiger partial charge in [0.15, 0.2) is 11.5 Å². The maximum Gasteiger partial charge on any atom is 0.243 e. The van der Waals surface area contributed by atoms with Crippen LogP contribution in [0.15, 0.2) is 82.1 Å². The Kier molecular flexibility index (Phi) is 6.88. The van der Waals surface area contributed by atoms with Crippen molar-refractivity contribution in [3.63, 3.8) is 0 Å². The van der Waals surface area contributed by atoms with E-state index in [2.05, 4.69) is 5.32 Å². The van der Waals surface area contributed by atoms with Crippen LogP contribution in [0.2, 0.25) is 0 Å². The van der Waals surface area contributed by atoms with Crippen molar-refractivity contribution in [2.24, 2.45) is 0 Å². The van der Waals surface area contributed by atoms with E-state index in [0.717, 1.165) is 0 Å². The van der Waals surface area contributed by atoms with Crippen molar-refractivity contribution in [2.75, 3.05) is 38.2 Å². The van der Waals surface area contributed by atoms with Gasteiger partial charge in [0.05, 0.1) is 30.3 Å². The lowest BCUT2D eigenvalue weighted by Crippen LogP contribution is -2.40. The van der Waals surface area contributed by atoms with Crippen molar-refractivity contribution in [3.8, 4) is 0 Å². The summed E-state index contributed by atoms with van der Waals surface area (Å²) in [6, 6.07) is 18.0. The van der Waals surface area contributed by atoms with Crippen molar-refractivity contribution in [3.05, 3.63) is 95.5 Å². The second-order valence-corrected chi connectivity index (χ2v) is 10.4. The van der Waals surface area contributed by atoms with Crippen molar-refractivity contribution >= 4 is 38.2 Å². The molecule has 0 unspecified atom stereocenters. The Morgan fingerprint density at radius 2 is 1.65 bits per heavy atom. The van der Waals surface area contributed by atoms with Gasteiger partial charge in [-0.05, 0) is 48.5 Å². The summed E-state index contributed by atoms with van der Waals surface area (Å²) in [6.45, 7) is 0.925. The van der Waals surface area contributed by atoms with Gasteiger partial charge in [-0.3, -0.25) is 9.59 Å². The van der Waals surface area contributed by atoms with Crippen LogP contribution in [0.4, 0.5) is 10.1 Å². The average Bonchev–Trinajstić information content (AvgIpc) is 3.31. The van der Waals surface area contributed by atoms with E-state index in [0.29, 0.717) is 29.9 Å². The Hall–Kier alpha value is -3.86. The summed E-state index contributed by atoms with van der Waals surface area (Å²) in [7, 11) is -3.76. The standard InChI is InChI=1S/C27H23FN2O6S/c28-20-10-8-18(9-11-20)26(32)27-25(22-6-1-2-7-24(22)36-27)29-17-23(31)19-4-3-5-21(16-19)37(33,34)30-12-14-35-15-13-30/h1-11,16,29H,12-15,17H2. The molecule has 1 saturated heterocycles. The lowest BCUT2D eigenvalue weighted by molar-refractivity contribution is 0.0730. The number of para-hydroxylation sites is 1. The minimum Gasteiger partial charge on any atom is -0.450 e. The molecule has 1 N–H and O–H groups in total. The Bertz CT molecular complexity index is 1570. The fourth-order valence-electron chi connectivity index (χ4n) is 4.15. The molecular weight excluding hydrogens is 499 g/mol. The zero-order valence-corrected chi connectivity index (χ0v) is 20.5. The van der Waals surface area contributed by atoms with E-state index >= 15 is 0 Å². The average molecular weight is 523 g/mol. The maximum absolute atomic E-state index is 13.3. The Balaban J connectivity index is 1.40. The summed E-state index contributed by atoms with van der Waals surface area (Å²) in [6.07, 6.45) is 0. The molecular formula is C27H23FN2O6S. The topological polar surface area (TPSA) is 106 Å². The second-order valence-electron chi connectivity index (χ2n) is 8.46. The SMILES string of the molecule is O=C(CNc1c(C(=O)c2ccc(F)cc2)oc2ccccc12)c1cccc(S(=O)(=O)N2CCOCC2)c1. The zero-order chi connectivity index (χ0) is 26.0. The Morgan fingerprint density at radius 1 is 0.919 bits per heavy atom. The molecule has 1 fully saturated rings. The molecule has 190 valence electrons. The van der Waals surface area contributed by atoms with E-state index in [1.165, 1.54) is 46.8 Å². The highest BCUT2D eigenvalue weighted by molar-refractivity contribution is 7.89. The van der Waals surface area contributed by atoms with Crippen LogP contribution in [-0.4, -0.2) is 57.1 Å². The van der Waals surface area contributed by atoms with Crippen LogP contribution >= 0.6 is 0 Å². The van der Waals surface area contributed by atoms with Gasteiger partial charge in [0.1, 0.15) is 11.4 Å². The van der Waals surface area contributed by atoms with E-state index in [-0.39, 0.29) is 47.2 Å². The van der Waals surface area contributed by atoms with Crippen molar-refractivity contribution < 1.29 is 31.6 Å². The van der Waals surface area contributed by atoms with Gasteiger partial charge < -0.3 is 14.5 Å². The number of nitrogens with one attached hydrogen (secondary N) is 1. The quantitative estimate of drug-likeness (QED) is 0.347. The molecule has 1 aromatic heterocycles. The van der Waals surface area contributed by atoms with Crippen molar-refractivity contribution in [1.29, 1.82) is 0 Å². The van der Waals surface area contributed by atoms with E-state index in [4.69, 9.17) is 9.15 Å². The minimum absolute atomic E-state index is 0.00995. The number of ketones is 2. The van der Waals surface area contributed by atoms with Crippen molar-refractivity contribution in [1.82, 2.24) is 4.31 Å². The molecule has 4 aromatic rings. The van der Waals surface area contributed by atoms with Gasteiger partial charge in [0.2, 0.25) is 15.8 Å². The highest BCUT2D eigenvalue weighted by Gasteiger charge is 2.27. The predicted molar refractivity (Wildman–Crippen MR) is 135 cm³/mol. The molecule has 0 bridgehead atoms. The molecule has 10 heteroatoms. The fraction of sp³-hybridized carbons (Fsp3) is 0.185. The number of hydrogen-bond donors (Lipinski definition) is 1. The molecule has 37 heavy (non-hydrogen) atoms. The number of carbonyl (C=O) groups excluding carboxylic acids is 2. The number of rotatable bonds is 8. The monoisotopic (exact) mass is 522 g/mol. The number of anilines is 1. The predicted octanol–water partition coefficient (Wildman–Crippen LogP) is 4.12. The lowest BCUT2D eigenvalue weighted by Gasteiger charge is -2.26. The second kappa shape index (κ2) is 10.3. The summed E-state index contributed by atoms with van der Waals surface area (Å²) >= 11 is 0. The third kappa shape index (κ3) is 5.04. The van der Waals surface area contributed by atoms with Crippen LogP contribution in [0.25, 0.3) is 11.0 Å². The van der Waals surface area contributed by atoms with E-state index < -0.39 is 21.6 Å². The molecule has 0 radical (unpaired) electrons. The lowest BCUT2D eigenvalue weighted by atomic mass is 10.1. The molecule has 1 aliphatic heterocycles. The number of Topliss-reactive ketones (excluding diaryl/α,β-unsaturated/α-hetero) is 1. The number of sulfonamides is 1. The number of benzene rings is 3. The largest absolute Gasteiger partial charge is 0.450 e. The number of morpholine rings is 1. The molecule has 0 aliphatic carbocycles. The summed E-state index contributed by atoms with van der Waals surface area (Å²) in [5.74, 6) is -1.32. The van der Waals surface area contributed by atoms with Crippen LogP contribution < -0.4 is 5.32 Å². The van der Waals surface area contributed by atoms with Gasteiger partial charge in [-0.2, -0.15) is 4.31 Å². The number of furan rings is 1. The molecule has 5 rings (SSSR count). The highest BCUT2D eigenvalue weighted by Crippen LogP contribution is 2.32. The number of hydrogen-bond acceptors (Lipinski definition) is 7. The number of ether oxygens (including phenoxy) is 1. The molecule has 0 atom stereocenters.